The fourth-order valence-corrected chi connectivity index (χ4v) is 5.62. The van der Waals surface area contributed by atoms with Gasteiger partial charge in [0.25, 0.3) is 0 Å². The van der Waals surface area contributed by atoms with Gasteiger partial charge in [-0.05, 0) is 35.0 Å². The number of aryl methyl sites for hydroxylation is 1. The molecule has 23 heavy (non-hydrogen) atoms. The molecule has 1 fully saturated rings. The van der Waals surface area contributed by atoms with Gasteiger partial charge in [-0.1, -0.05) is 12.1 Å². The van der Waals surface area contributed by atoms with Crippen LogP contribution in [-0.4, -0.2) is 48.8 Å². The number of thiazole rings is 1. The van der Waals surface area contributed by atoms with Gasteiger partial charge < -0.3 is 0 Å². The summed E-state index contributed by atoms with van der Waals surface area (Å²) in [7, 11) is -3.44. The predicted molar refractivity (Wildman–Crippen MR) is 95.0 cm³/mol. The molecule has 0 spiro atoms. The number of nitrogens with zero attached hydrogens (tertiary/aromatic N) is 3. The molecule has 1 aromatic heterocycles. The molecule has 1 saturated heterocycles. The Balaban J connectivity index is 1.65. The molecule has 5 nitrogen and oxygen atoms in total. The lowest BCUT2D eigenvalue weighted by atomic mass is 10.3. The lowest BCUT2D eigenvalue weighted by Gasteiger charge is -2.33. The van der Waals surface area contributed by atoms with Gasteiger partial charge >= 0.3 is 0 Å². The van der Waals surface area contributed by atoms with Crippen molar-refractivity contribution >= 4 is 37.3 Å². The van der Waals surface area contributed by atoms with Crippen LogP contribution in [0.15, 0.2) is 39.0 Å². The molecule has 0 N–H and O–H groups in total. The van der Waals surface area contributed by atoms with E-state index < -0.39 is 10.0 Å². The molecule has 0 bridgehead atoms. The zero-order valence-electron chi connectivity index (χ0n) is 12.8. The van der Waals surface area contributed by atoms with Crippen LogP contribution in [0.4, 0.5) is 0 Å². The van der Waals surface area contributed by atoms with Gasteiger partial charge in [0, 0.05) is 42.6 Å². The van der Waals surface area contributed by atoms with Crippen molar-refractivity contribution in [3.63, 3.8) is 0 Å². The number of halogens is 1. The average molecular weight is 416 g/mol. The van der Waals surface area contributed by atoms with Gasteiger partial charge in [-0.2, -0.15) is 4.31 Å². The molecule has 1 aliphatic heterocycles. The van der Waals surface area contributed by atoms with E-state index in [1.165, 1.54) is 0 Å². The molecule has 124 valence electrons. The summed E-state index contributed by atoms with van der Waals surface area (Å²) in [5.41, 5.74) is 1.06. The van der Waals surface area contributed by atoms with E-state index in [0.29, 0.717) is 22.5 Å². The number of piperazine rings is 1. The Morgan fingerprint density at radius 2 is 1.91 bits per heavy atom. The fourth-order valence-electron chi connectivity index (χ4n) is 2.63. The minimum atomic E-state index is -3.44. The van der Waals surface area contributed by atoms with Crippen molar-refractivity contribution in [1.29, 1.82) is 0 Å². The smallest absolute Gasteiger partial charge is 0.244 e. The molecule has 1 aliphatic rings. The van der Waals surface area contributed by atoms with E-state index in [2.05, 4.69) is 31.2 Å². The monoisotopic (exact) mass is 415 g/mol. The average Bonchev–Trinajstić information content (AvgIpc) is 2.93. The Morgan fingerprint density at radius 1 is 1.22 bits per heavy atom. The number of hydrogen-bond acceptors (Lipinski definition) is 5. The summed E-state index contributed by atoms with van der Waals surface area (Å²) >= 11 is 4.98. The maximum absolute atomic E-state index is 12.7. The minimum Gasteiger partial charge on any atom is -0.295 e. The lowest BCUT2D eigenvalue weighted by molar-refractivity contribution is 0.180. The molecule has 2 heterocycles. The molecular formula is C15H18BrN3O2S2. The third-order valence-corrected chi connectivity index (χ3v) is 7.57. The Labute approximate surface area is 149 Å². The lowest BCUT2D eigenvalue weighted by Crippen LogP contribution is -2.48. The van der Waals surface area contributed by atoms with Crippen LogP contribution in [0.5, 0.6) is 0 Å². The Kier molecular flexibility index (Phi) is 5.17. The molecule has 0 unspecified atom stereocenters. The van der Waals surface area contributed by atoms with Crippen molar-refractivity contribution < 1.29 is 8.42 Å². The fraction of sp³-hybridized carbons (Fsp3) is 0.400. The SMILES string of the molecule is Cc1nc(CN2CCN(S(=O)(=O)c3ccccc3Br)CC2)cs1. The maximum atomic E-state index is 12.7. The van der Waals surface area contributed by atoms with Crippen molar-refractivity contribution in [2.24, 2.45) is 0 Å². The summed E-state index contributed by atoms with van der Waals surface area (Å²) in [6.45, 7) is 5.24. The molecule has 0 atom stereocenters. The van der Waals surface area contributed by atoms with Gasteiger partial charge in [-0.15, -0.1) is 11.3 Å². The zero-order valence-corrected chi connectivity index (χ0v) is 16.0. The van der Waals surface area contributed by atoms with Gasteiger partial charge in [0.15, 0.2) is 0 Å². The van der Waals surface area contributed by atoms with Gasteiger partial charge in [-0.3, -0.25) is 4.90 Å². The third-order valence-electron chi connectivity index (χ3n) is 3.84. The molecule has 3 rings (SSSR count). The second-order valence-electron chi connectivity index (χ2n) is 5.47. The van der Waals surface area contributed by atoms with Gasteiger partial charge in [0.2, 0.25) is 10.0 Å². The number of rotatable bonds is 4. The van der Waals surface area contributed by atoms with E-state index in [0.717, 1.165) is 30.3 Å². The third kappa shape index (κ3) is 3.83. The van der Waals surface area contributed by atoms with E-state index in [1.54, 1.807) is 33.8 Å². The van der Waals surface area contributed by atoms with E-state index >= 15 is 0 Å². The highest BCUT2D eigenvalue weighted by Gasteiger charge is 2.29. The van der Waals surface area contributed by atoms with Crippen LogP contribution in [0.2, 0.25) is 0 Å². The number of sulfonamides is 1. The summed E-state index contributed by atoms with van der Waals surface area (Å²) in [5, 5.41) is 3.13. The summed E-state index contributed by atoms with van der Waals surface area (Å²) < 4.78 is 27.7. The molecular weight excluding hydrogens is 398 g/mol. The molecule has 2 aromatic rings. The standard InChI is InChI=1S/C15H18BrN3O2S2/c1-12-17-13(11-22-12)10-18-6-8-19(9-7-18)23(20,21)15-5-3-2-4-14(15)16/h2-5,11H,6-10H2,1H3. The molecule has 0 saturated carbocycles. The van der Waals surface area contributed by atoms with E-state index in [-0.39, 0.29) is 0 Å². The van der Waals surface area contributed by atoms with Crippen molar-refractivity contribution in [2.75, 3.05) is 26.2 Å². The van der Waals surface area contributed by atoms with E-state index in [9.17, 15) is 8.42 Å². The van der Waals surface area contributed by atoms with E-state index in [4.69, 9.17) is 0 Å². The summed E-state index contributed by atoms with van der Waals surface area (Å²) in [5.74, 6) is 0. The highest BCUT2D eigenvalue weighted by atomic mass is 79.9. The second-order valence-corrected chi connectivity index (χ2v) is 9.29. The van der Waals surface area contributed by atoms with Gasteiger partial charge in [0.05, 0.1) is 15.6 Å². The van der Waals surface area contributed by atoms with Gasteiger partial charge in [0.1, 0.15) is 0 Å². The maximum Gasteiger partial charge on any atom is 0.244 e. The van der Waals surface area contributed by atoms with Gasteiger partial charge in [-0.25, -0.2) is 13.4 Å². The van der Waals surface area contributed by atoms with Crippen molar-refractivity contribution in [1.82, 2.24) is 14.2 Å². The van der Waals surface area contributed by atoms with Crippen LogP contribution in [0.3, 0.4) is 0 Å². The molecule has 8 heteroatoms. The Morgan fingerprint density at radius 3 is 2.52 bits per heavy atom. The Hall–Kier alpha value is -0.800. The van der Waals surface area contributed by atoms with E-state index in [1.807, 2.05) is 13.0 Å². The highest BCUT2D eigenvalue weighted by molar-refractivity contribution is 9.10. The predicted octanol–water partition coefficient (Wildman–Crippen LogP) is 2.72. The van der Waals surface area contributed by atoms with Crippen molar-refractivity contribution in [3.05, 3.63) is 44.8 Å². The zero-order chi connectivity index (χ0) is 16.4. The topological polar surface area (TPSA) is 53.5 Å². The number of benzene rings is 1. The van der Waals surface area contributed by atoms with Crippen LogP contribution in [0.1, 0.15) is 10.7 Å². The quantitative estimate of drug-likeness (QED) is 0.769. The molecule has 1 aromatic carbocycles. The normalized spacial score (nSPS) is 17.5. The second kappa shape index (κ2) is 6.98. The van der Waals surface area contributed by atoms with Crippen molar-refractivity contribution in [2.45, 2.75) is 18.4 Å². The number of aromatic nitrogens is 1. The first-order valence-corrected chi connectivity index (χ1v) is 10.5. The highest BCUT2D eigenvalue weighted by Crippen LogP contribution is 2.25. The van der Waals surface area contributed by atoms with Crippen LogP contribution in [0.25, 0.3) is 0 Å². The summed E-state index contributed by atoms with van der Waals surface area (Å²) in [4.78, 5) is 7.06. The summed E-state index contributed by atoms with van der Waals surface area (Å²) in [6, 6.07) is 6.97. The number of hydrogen-bond donors (Lipinski definition) is 0. The van der Waals surface area contributed by atoms with Crippen LogP contribution in [0, 0.1) is 6.92 Å². The molecule has 0 aliphatic carbocycles. The first kappa shape index (κ1) is 17.0. The molecule has 0 radical (unpaired) electrons. The minimum absolute atomic E-state index is 0.337. The van der Waals surface area contributed by atoms with Crippen molar-refractivity contribution in [3.8, 4) is 0 Å². The van der Waals surface area contributed by atoms with Crippen LogP contribution in [-0.2, 0) is 16.6 Å². The molecule has 0 amide bonds. The van der Waals surface area contributed by atoms with Crippen LogP contribution >= 0.6 is 27.3 Å². The van der Waals surface area contributed by atoms with Crippen LogP contribution < -0.4 is 0 Å². The first-order chi connectivity index (χ1) is 11.0. The summed E-state index contributed by atoms with van der Waals surface area (Å²) in [6.07, 6.45) is 0. The Bertz CT molecular complexity index is 784. The first-order valence-electron chi connectivity index (χ1n) is 7.35. The largest absolute Gasteiger partial charge is 0.295 e.